The molecule has 0 aliphatic heterocycles. The minimum atomic E-state index is -4.15. The van der Waals surface area contributed by atoms with E-state index in [-0.39, 0.29) is 23.4 Å². The molecule has 8 nitrogen and oxygen atoms in total. The monoisotopic (exact) mass is 571 g/mol. The summed E-state index contributed by atoms with van der Waals surface area (Å²) in [4.78, 5) is 28.5. The molecule has 208 valence electrons. The second-order valence-electron chi connectivity index (χ2n) is 9.26. The molecule has 2 amide bonds. The number of para-hydroxylation sites is 1. The summed E-state index contributed by atoms with van der Waals surface area (Å²) in [5, 5.41) is 3.42. The Bertz CT molecular complexity index is 1350. The molecule has 0 aromatic heterocycles. The van der Waals surface area contributed by atoms with E-state index in [1.54, 1.807) is 66.7 Å². The SMILES string of the molecule is CCC(C(=O)NC(C)C)N(Cc1ccc(Cl)cc1)C(=O)CN(c1ccccc1)S(=O)(=O)c1ccc(OC)cc1. The van der Waals surface area contributed by atoms with Gasteiger partial charge in [-0.25, -0.2) is 8.42 Å². The summed E-state index contributed by atoms with van der Waals surface area (Å²) in [6.45, 7) is 5.10. The van der Waals surface area contributed by atoms with Crippen molar-refractivity contribution in [2.45, 2.75) is 50.7 Å². The molecule has 0 aliphatic rings. The molecule has 10 heteroatoms. The highest BCUT2D eigenvalue weighted by atomic mass is 35.5. The number of hydrogen-bond acceptors (Lipinski definition) is 5. The molecule has 0 aliphatic carbocycles. The van der Waals surface area contributed by atoms with Gasteiger partial charge in [-0.1, -0.05) is 48.9 Å². The lowest BCUT2D eigenvalue weighted by molar-refractivity contribution is -0.140. The highest BCUT2D eigenvalue weighted by Gasteiger charge is 2.33. The van der Waals surface area contributed by atoms with Crippen LogP contribution in [-0.4, -0.2) is 50.9 Å². The molecule has 0 saturated heterocycles. The first-order valence-corrected chi connectivity index (χ1v) is 14.4. The maximum atomic E-state index is 14.0. The smallest absolute Gasteiger partial charge is 0.264 e. The number of hydrogen-bond donors (Lipinski definition) is 1. The van der Waals surface area contributed by atoms with Gasteiger partial charge in [0.15, 0.2) is 0 Å². The molecule has 1 N–H and O–H groups in total. The second kappa shape index (κ2) is 13.5. The Balaban J connectivity index is 2.03. The Morgan fingerprint density at radius 1 is 0.949 bits per heavy atom. The van der Waals surface area contributed by atoms with Gasteiger partial charge in [-0.3, -0.25) is 13.9 Å². The van der Waals surface area contributed by atoms with Gasteiger partial charge in [0.05, 0.1) is 17.7 Å². The standard InChI is InChI=1S/C29H34ClN3O5S/c1-5-27(29(35)31-21(2)3)32(19-22-11-13-23(30)14-12-22)28(34)20-33(24-9-7-6-8-10-24)39(36,37)26-17-15-25(38-4)16-18-26/h6-18,21,27H,5,19-20H2,1-4H3,(H,31,35). The highest BCUT2D eigenvalue weighted by molar-refractivity contribution is 7.92. The van der Waals surface area contributed by atoms with Crippen LogP contribution in [0.25, 0.3) is 0 Å². The highest BCUT2D eigenvalue weighted by Crippen LogP contribution is 2.26. The van der Waals surface area contributed by atoms with E-state index in [9.17, 15) is 18.0 Å². The van der Waals surface area contributed by atoms with Gasteiger partial charge in [-0.2, -0.15) is 0 Å². The summed E-state index contributed by atoms with van der Waals surface area (Å²) in [6.07, 6.45) is 0.342. The summed E-state index contributed by atoms with van der Waals surface area (Å²) in [5.74, 6) is -0.317. The first-order valence-electron chi connectivity index (χ1n) is 12.6. The molecule has 3 aromatic carbocycles. The predicted octanol–water partition coefficient (Wildman–Crippen LogP) is 4.88. The lowest BCUT2D eigenvalue weighted by Gasteiger charge is -2.33. The minimum Gasteiger partial charge on any atom is -0.497 e. The summed E-state index contributed by atoms with van der Waals surface area (Å²) < 4.78 is 33.9. The van der Waals surface area contributed by atoms with Crippen molar-refractivity contribution >= 4 is 39.1 Å². The molecule has 0 spiro atoms. The van der Waals surface area contributed by atoms with E-state index in [2.05, 4.69) is 5.32 Å². The van der Waals surface area contributed by atoms with Crippen LogP contribution in [0.1, 0.15) is 32.8 Å². The fraction of sp³-hybridized carbons (Fsp3) is 0.310. The van der Waals surface area contributed by atoms with Crippen LogP contribution in [0.4, 0.5) is 5.69 Å². The van der Waals surface area contributed by atoms with Crippen LogP contribution in [0.2, 0.25) is 5.02 Å². The van der Waals surface area contributed by atoms with Gasteiger partial charge in [0.1, 0.15) is 18.3 Å². The number of halogens is 1. The van der Waals surface area contributed by atoms with Crippen LogP contribution in [0.3, 0.4) is 0 Å². The Kier molecular flexibility index (Phi) is 10.4. The van der Waals surface area contributed by atoms with E-state index in [4.69, 9.17) is 16.3 Å². The molecule has 0 bridgehead atoms. The van der Waals surface area contributed by atoms with Gasteiger partial charge in [0.2, 0.25) is 11.8 Å². The Labute approximate surface area is 235 Å². The molecular formula is C29H34ClN3O5S. The van der Waals surface area contributed by atoms with Gasteiger partial charge in [0.25, 0.3) is 10.0 Å². The average molecular weight is 572 g/mol. The number of carbonyl (C=O) groups excluding carboxylic acids is 2. The number of anilines is 1. The fourth-order valence-electron chi connectivity index (χ4n) is 4.08. The number of methoxy groups -OCH3 is 1. The van der Waals surface area contributed by atoms with Gasteiger partial charge >= 0.3 is 0 Å². The molecule has 0 heterocycles. The second-order valence-corrected chi connectivity index (χ2v) is 11.6. The van der Waals surface area contributed by atoms with Crippen molar-refractivity contribution in [1.82, 2.24) is 10.2 Å². The van der Waals surface area contributed by atoms with Crippen LogP contribution >= 0.6 is 11.6 Å². The third kappa shape index (κ3) is 7.74. The molecule has 0 saturated carbocycles. The maximum Gasteiger partial charge on any atom is 0.264 e. The number of benzene rings is 3. The number of sulfonamides is 1. The van der Waals surface area contributed by atoms with Crippen molar-refractivity contribution in [3.63, 3.8) is 0 Å². The van der Waals surface area contributed by atoms with E-state index in [1.165, 1.54) is 24.1 Å². The third-order valence-corrected chi connectivity index (χ3v) is 8.09. The molecule has 0 radical (unpaired) electrons. The Morgan fingerprint density at radius 3 is 2.10 bits per heavy atom. The first-order chi connectivity index (χ1) is 18.6. The average Bonchev–Trinajstić information content (AvgIpc) is 2.92. The summed E-state index contributed by atoms with van der Waals surface area (Å²) in [7, 11) is -2.65. The van der Waals surface area contributed by atoms with Crippen molar-refractivity contribution in [3.05, 3.63) is 89.4 Å². The largest absolute Gasteiger partial charge is 0.497 e. The van der Waals surface area contributed by atoms with Crippen molar-refractivity contribution in [2.24, 2.45) is 0 Å². The number of carbonyl (C=O) groups is 2. The number of nitrogens with zero attached hydrogens (tertiary/aromatic N) is 2. The molecule has 39 heavy (non-hydrogen) atoms. The van der Waals surface area contributed by atoms with Gasteiger partial charge in [0, 0.05) is 17.6 Å². The van der Waals surface area contributed by atoms with E-state index < -0.39 is 28.5 Å². The van der Waals surface area contributed by atoms with Crippen LogP contribution in [0.5, 0.6) is 5.75 Å². The van der Waals surface area contributed by atoms with Crippen molar-refractivity contribution in [3.8, 4) is 5.75 Å². The third-order valence-electron chi connectivity index (χ3n) is 6.05. The summed E-state index contributed by atoms with van der Waals surface area (Å²) in [6, 6.07) is 20.4. The predicted molar refractivity (Wildman–Crippen MR) is 153 cm³/mol. The molecule has 3 aromatic rings. The zero-order chi connectivity index (χ0) is 28.6. The zero-order valence-corrected chi connectivity index (χ0v) is 24.1. The Morgan fingerprint density at radius 2 is 1.56 bits per heavy atom. The maximum absolute atomic E-state index is 14.0. The van der Waals surface area contributed by atoms with Crippen molar-refractivity contribution in [1.29, 1.82) is 0 Å². The lowest BCUT2D eigenvalue weighted by Crippen LogP contribution is -2.53. The van der Waals surface area contributed by atoms with Crippen molar-refractivity contribution in [2.75, 3.05) is 18.0 Å². The number of nitrogens with one attached hydrogen (secondary N) is 1. The van der Waals surface area contributed by atoms with E-state index in [0.717, 1.165) is 9.87 Å². The lowest BCUT2D eigenvalue weighted by atomic mass is 10.1. The summed E-state index contributed by atoms with van der Waals surface area (Å²) in [5.41, 5.74) is 1.08. The molecular weight excluding hydrogens is 538 g/mol. The number of ether oxygens (including phenoxy) is 1. The fourth-order valence-corrected chi connectivity index (χ4v) is 5.62. The first kappa shape index (κ1) is 30.0. The van der Waals surface area contributed by atoms with Crippen molar-refractivity contribution < 1.29 is 22.7 Å². The zero-order valence-electron chi connectivity index (χ0n) is 22.5. The molecule has 0 fully saturated rings. The van der Waals surface area contributed by atoms with Gasteiger partial charge in [-0.05, 0) is 74.4 Å². The van der Waals surface area contributed by atoms with E-state index >= 15 is 0 Å². The number of amides is 2. The van der Waals surface area contributed by atoms with E-state index in [0.29, 0.717) is 22.9 Å². The summed E-state index contributed by atoms with van der Waals surface area (Å²) >= 11 is 6.05. The topological polar surface area (TPSA) is 96.0 Å². The number of rotatable bonds is 12. The van der Waals surface area contributed by atoms with E-state index in [1.807, 2.05) is 20.8 Å². The van der Waals surface area contributed by atoms with Crippen LogP contribution in [0, 0.1) is 0 Å². The molecule has 1 unspecified atom stereocenters. The molecule has 3 rings (SSSR count). The van der Waals surface area contributed by atoms with Gasteiger partial charge < -0.3 is 15.0 Å². The minimum absolute atomic E-state index is 0.00815. The normalized spacial score (nSPS) is 12.1. The van der Waals surface area contributed by atoms with Crippen LogP contribution in [0.15, 0.2) is 83.8 Å². The van der Waals surface area contributed by atoms with Crippen LogP contribution in [-0.2, 0) is 26.2 Å². The Hall–Kier alpha value is -3.56. The molecule has 1 atom stereocenters. The quantitative estimate of drug-likeness (QED) is 0.334. The van der Waals surface area contributed by atoms with Crippen LogP contribution < -0.4 is 14.4 Å². The van der Waals surface area contributed by atoms with Gasteiger partial charge in [-0.15, -0.1) is 0 Å².